The number of nitrogens with zero attached hydrogens (tertiary/aromatic N) is 4. The highest BCUT2D eigenvalue weighted by atomic mass is 32.2. The van der Waals surface area contributed by atoms with Crippen molar-refractivity contribution in [3.05, 3.63) is 152 Å². The van der Waals surface area contributed by atoms with Crippen LogP contribution in [0.15, 0.2) is 124 Å². The van der Waals surface area contributed by atoms with E-state index in [9.17, 15) is 19.5 Å². The van der Waals surface area contributed by atoms with Crippen molar-refractivity contribution in [3.8, 4) is 0 Å². The van der Waals surface area contributed by atoms with E-state index in [0.29, 0.717) is 16.5 Å². The molecule has 4 heterocycles. The number of allylic oxidation sites excluding steroid dienone is 1. The molecule has 2 amide bonds. The van der Waals surface area contributed by atoms with Gasteiger partial charge >= 0.3 is 5.97 Å². The number of rotatable bonds is 12. The number of oxime groups is 1. The molecule has 0 spiro atoms. The topological polar surface area (TPSA) is 146 Å². The highest BCUT2D eigenvalue weighted by Gasteiger charge is 2.54. The van der Waals surface area contributed by atoms with Crippen molar-refractivity contribution >= 4 is 69.1 Å². The normalized spacial score (nSPS) is 17.5. The summed E-state index contributed by atoms with van der Waals surface area (Å²) in [5, 5.41) is 22.2. The number of carboxylic acids is 1. The Labute approximate surface area is 311 Å². The average molecular weight is 749 g/mol. The van der Waals surface area contributed by atoms with Crippen LogP contribution < -0.4 is 10.6 Å². The van der Waals surface area contributed by atoms with Crippen LogP contribution in [0.2, 0.25) is 0 Å². The zero-order valence-corrected chi connectivity index (χ0v) is 30.4. The van der Waals surface area contributed by atoms with Crippen LogP contribution in [0.5, 0.6) is 0 Å². The van der Waals surface area contributed by atoms with Gasteiger partial charge in [-0.05, 0) is 35.3 Å². The number of aromatic nitrogens is 2. The molecule has 0 aliphatic carbocycles. The van der Waals surface area contributed by atoms with E-state index in [1.807, 2.05) is 67.6 Å². The number of thiazole rings is 2. The fourth-order valence-electron chi connectivity index (χ4n) is 6.31. The van der Waals surface area contributed by atoms with Gasteiger partial charge in [0, 0.05) is 16.0 Å². The number of amides is 2. The molecular weight excluding hydrogens is 717 g/mol. The maximum atomic E-state index is 13.8. The van der Waals surface area contributed by atoms with Gasteiger partial charge in [0.2, 0.25) is 0 Å². The molecule has 0 bridgehead atoms. The van der Waals surface area contributed by atoms with Crippen LogP contribution in [-0.4, -0.2) is 67.7 Å². The van der Waals surface area contributed by atoms with Crippen LogP contribution in [0.4, 0.5) is 5.13 Å². The van der Waals surface area contributed by atoms with Gasteiger partial charge in [-0.25, -0.2) is 14.8 Å². The van der Waals surface area contributed by atoms with Gasteiger partial charge in [0.15, 0.2) is 10.8 Å². The summed E-state index contributed by atoms with van der Waals surface area (Å²) in [6.45, 7) is 1.87. The molecule has 2 aliphatic heterocycles. The number of carboxylic acid groups (broad SMARTS) is 1. The van der Waals surface area contributed by atoms with Crippen molar-refractivity contribution in [2.75, 3.05) is 18.2 Å². The third-order valence-corrected chi connectivity index (χ3v) is 11.7. The molecule has 2 atom stereocenters. The first-order chi connectivity index (χ1) is 25.3. The number of anilines is 1. The van der Waals surface area contributed by atoms with E-state index in [4.69, 9.17) is 9.82 Å². The molecule has 3 N–H and O–H groups in total. The molecule has 5 aromatic rings. The summed E-state index contributed by atoms with van der Waals surface area (Å²) < 4.78 is 0. The van der Waals surface area contributed by atoms with Crippen LogP contribution in [0.3, 0.4) is 0 Å². The Morgan fingerprint density at radius 1 is 0.962 bits per heavy atom. The predicted octanol–water partition coefficient (Wildman–Crippen LogP) is 6.11. The van der Waals surface area contributed by atoms with E-state index in [-0.39, 0.29) is 17.1 Å². The van der Waals surface area contributed by atoms with Gasteiger partial charge in [-0.15, -0.1) is 34.4 Å². The van der Waals surface area contributed by atoms with Crippen molar-refractivity contribution in [2.45, 2.75) is 23.9 Å². The van der Waals surface area contributed by atoms with E-state index >= 15 is 0 Å². The highest BCUT2D eigenvalue weighted by molar-refractivity contribution is 8.00. The summed E-state index contributed by atoms with van der Waals surface area (Å²) in [5.41, 5.74) is 5.18. The minimum absolute atomic E-state index is 0.0996. The smallest absolute Gasteiger partial charge is 0.352 e. The molecule has 11 nitrogen and oxygen atoms in total. The number of benzene rings is 3. The molecule has 7 rings (SSSR count). The number of nitrogens with one attached hydrogen (secondary N) is 2. The number of hydrogen-bond acceptors (Lipinski definition) is 11. The van der Waals surface area contributed by atoms with Crippen LogP contribution in [0, 0.1) is 6.92 Å². The Hall–Kier alpha value is -5.57. The Bertz CT molecular complexity index is 2100. The predicted molar refractivity (Wildman–Crippen MR) is 204 cm³/mol. The van der Waals surface area contributed by atoms with Gasteiger partial charge in [-0.1, -0.05) is 102 Å². The van der Waals surface area contributed by atoms with Crippen molar-refractivity contribution < 1.29 is 24.3 Å². The van der Waals surface area contributed by atoms with Crippen LogP contribution >= 0.6 is 34.4 Å². The van der Waals surface area contributed by atoms with Crippen molar-refractivity contribution in [1.82, 2.24) is 20.2 Å². The summed E-state index contributed by atoms with van der Waals surface area (Å²) in [7, 11) is 1.32. The maximum absolute atomic E-state index is 13.8. The fourth-order valence-corrected chi connectivity index (χ4v) is 9.07. The lowest BCUT2D eigenvalue weighted by Gasteiger charge is -2.49. The summed E-state index contributed by atoms with van der Waals surface area (Å²) in [6, 6.07) is 29.2. The molecular formula is C38H32N6O5S3. The standard InChI is InChI=1S/C38H32N6O5S3/c1-23-29(52-22-39-23)19-18-24-20-50-35-31(34(46)44(35)32(24)36(47)48)41-33(45)30(43-49-2)28-21-51-37(40-28)42-38(25-12-6-3-7-13-25,26-14-8-4-9-15-26)27-16-10-5-11-17-27/h3-19,21-22,31,35H,20H2,1-2H3,(H,40,42)(H,41,45)(H,47,48)/t31?,35-/m0/s1. The first-order valence-electron chi connectivity index (χ1n) is 16.1. The van der Waals surface area contributed by atoms with Gasteiger partial charge in [-0.3, -0.25) is 14.5 Å². The summed E-state index contributed by atoms with van der Waals surface area (Å²) >= 11 is 4.12. The van der Waals surface area contributed by atoms with Gasteiger partial charge in [0.05, 0.1) is 11.2 Å². The third kappa shape index (κ3) is 6.51. The van der Waals surface area contributed by atoms with E-state index in [1.54, 1.807) is 17.0 Å². The van der Waals surface area contributed by atoms with Crippen molar-refractivity contribution in [2.24, 2.45) is 5.16 Å². The van der Waals surface area contributed by atoms with E-state index < -0.39 is 34.7 Å². The first kappa shape index (κ1) is 34.9. The SMILES string of the molecule is CON=C(C(=O)NC1C(=O)N2C(C(=O)O)=C(C=Cc3scnc3C)CS[C@@H]12)c1csc(NC(c2ccccc2)(c2ccccc2)c2ccccc2)n1. The molecule has 2 aromatic heterocycles. The summed E-state index contributed by atoms with van der Waals surface area (Å²) in [6.07, 6.45) is 3.52. The molecule has 0 saturated carbocycles. The average Bonchev–Trinajstić information content (AvgIpc) is 3.82. The molecule has 0 radical (unpaired) electrons. The number of carbonyl (C=O) groups excluding carboxylic acids is 2. The van der Waals surface area contributed by atoms with Gasteiger partial charge in [-0.2, -0.15) is 0 Å². The van der Waals surface area contributed by atoms with Crippen molar-refractivity contribution in [1.29, 1.82) is 0 Å². The van der Waals surface area contributed by atoms with Crippen LogP contribution in [-0.2, 0) is 24.8 Å². The monoisotopic (exact) mass is 748 g/mol. The Morgan fingerprint density at radius 2 is 1.58 bits per heavy atom. The van der Waals surface area contributed by atoms with E-state index in [1.165, 1.54) is 46.4 Å². The van der Waals surface area contributed by atoms with Gasteiger partial charge in [0.25, 0.3) is 11.8 Å². The molecule has 3 aromatic carbocycles. The number of fused-ring (bicyclic) bond motifs is 1. The van der Waals surface area contributed by atoms with Crippen LogP contribution in [0.25, 0.3) is 6.08 Å². The number of aryl methyl sites for hydroxylation is 1. The molecule has 1 saturated heterocycles. The second-order valence-electron chi connectivity index (χ2n) is 11.8. The number of thioether (sulfide) groups is 1. The second kappa shape index (κ2) is 15.0. The number of aliphatic carboxylic acids is 1. The van der Waals surface area contributed by atoms with E-state index in [2.05, 4.69) is 57.2 Å². The second-order valence-corrected chi connectivity index (χ2v) is 14.7. The lowest BCUT2D eigenvalue weighted by atomic mass is 9.77. The van der Waals surface area contributed by atoms with Gasteiger partial charge < -0.3 is 20.6 Å². The molecule has 262 valence electrons. The minimum Gasteiger partial charge on any atom is -0.477 e. The van der Waals surface area contributed by atoms with E-state index in [0.717, 1.165) is 27.3 Å². The number of hydrogen-bond donors (Lipinski definition) is 3. The zero-order chi connectivity index (χ0) is 36.2. The molecule has 2 aliphatic rings. The lowest BCUT2D eigenvalue weighted by Crippen LogP contribution is -2.71. The summed E-state index contributed by atoms with van der Waals surface area (Å²) in [4.78, 5) is 55.8. The maximum Gasteiger partial charge on any atom is 0.352 e. The molecule has 1 fully saturated rings. The quantitative estimate of drug-likeness (QED) is 0.0595. The third-order valence-electron chi connectivity index (χ3n) is 8.76. The number of carbonyl (C=O) groups is 3. The number of β-lactam (4-membered cyclic amide) rings is 1. The fraction of sp³-hybridized carbons (Fsp3) is 0.158. The van der Waals surface area contributed by atoms with Gasteiger partial charge in [0.1, 0.15) is 35.5 Å². The Morgan fingerprint density at radius 3 is 2.12 bits per heavy atom. The molecule has 14 heteroatoms. The Balaban J connectivity index is 1.14. The van der Waals surface area contributed by atoms with Crippen molar-refractivity contribution in [3.63, 3.8) is 0 Å². The largest absolute Gasteiger partial charge is 0.477 e. The molecule has 1 unspecified atom stereocenters. The first-order valence-corrected chi connectivity index (χ1v) is 18.9. The minimum atomic E-state index is -1.22. The Kier molecular flexibility index (Phi) is 10.0. The lowest BCUT2D eigenvalue weighted by molar-refractivity contribution is -0.150. The highest BCUT2D eigenvalue weighted by Crippen LogP contribution is 2.42. The zero-order valence-electron chi connectivity index (χ0n) is 27.9. The summed E-state index contributed by atoms with van der Waals surface area (Å²) in [5.74, 6) is -2.09. The molecule has 52 heavy (non-hydrogen) atoms. The van der Waals surface area contributed by atoms with Crippen LogP contribution in [0.1, 0.15) is 33.0 Å².